The molecule has 106 valence electrons. The van der Waals surface area contributed by atoms with Gasteiger partial charge in [-0.25, -0.2) is 4.79 Å². The number of hydrogen-bond acceptors (Lipinski definition) is 4. The second-order valence-corrected chi connectivity index (χ2v) is 5.76. The summed E-state index contributed by atoms with van der Waals surface area (Å²) in [5.74, 6) is 0.278. The standard InChI is InChI=1S/C16H18O4/c17-9-14-13-8-12(18)6-11(13)7-15(14)20-16(19)10-4-2-1-3-5-10/h1-5,11,13-15,17H,6-9H2/t11-,13-,14?,15+/m0/s1. The maximum atomic E-state index is 12.1. The molecule has 0 bridgehead atoms. The van der Waals surface area contributed by atoms with E-state index in [0.717, 1.165) is 0 Å². The number of ketones is 1. The molecule has 0 spiro atoms. The minimum absolute atomic E-state index is 0.0266. The highest BCUT2D eigenvalue weighted by molar-refractivity contribution is 5.89. The van der Waals surface area contributed by atoms with Crippen molar-refractivity contribution in [3.63, 3.8) is 0 Å². The number of fused-ring (bicyclic) bond motifs is 1. The van der Waals surface area contributed by atoms with E-state index in [4.69, 9.17) is 4.74 Å². The molecule has 0 radical (unpaired) electrons. The summed E-state index contributed by atoms with van der Waals surface area (Å²) in [4.78, 5) is 23.6. The molecular formula is C16H18O4. The van der Waals surface area contributed by atoms with Crippen molar-refractivity contribution in [2.75, 3.05) is 6.61 Å². The number of hydrogen-bond donors (Lipinski definition) is 1. The molecule has 2 saturated carbocycles. The quantitative estimate of drug-likeness (QED) is 0.854. The normalized spacial score (nSPS) is 32.1. The lowest BCUT2D eigenvalue weighted by molar-refractivity contribution is -0.118. The predicted molar refractivity (Wildman–Crippen MR) is 72.1 cm³/mol. The zero-order valence-electron chi connectivity index (χ0n) is 11.2. The first-order valence-electron chi connectivity index (χ1n) is 7.07. The average Bonchev–Trinajstić information content (AvgIpc) is 2.95. The van der Waals surface area contributed by atoms with Crippen LogP contribution in [0.25, 0.3) is 0 Å². The molecule has 4 heteroatoms. The third-order valence-corrected chi connectivity index (χ3v) is 4.60. The molecule has 2 aliphatic rings. The van der Waals surface area contributed by atoms with Gasteiger partial charge in [0.15, 0.2) is 0 Å². The maximum absolute atomic E-state index is 12.1. The first kappa shape index (κ1) is 13.3. The highest BCUT2D eigenvalue weighted by Gasteiger charge is 2.49. The molecule has 0 saturated heterocycles. The zero-order valence-corrected chi connectivity index (χ0v) is 11.2. The molecule has 1 aromatic carbocycles. The summed E-state index contributed by atoms with van der Waals surface area (Å²) in [5, 5.41) is 9.55. The van der Waals surface area contributed by atoms with Crippen LogP contribution in [0.5, 0.6) is 0 Å². The van der Waals surface area contributed by atoms with Gasteiger partial charge in [0.1, 0.15) is 11.9 Å². The van der Waals surface area contributed by atoms with Crippen LogP contribution in [0, 0.1) is 17.8 Å². The summed E-state index contributed by atoms with van der Waals surface area (Å²) in [7, 11) is 0. The minimum Gasteiger partial charge on any atom is -0.458 e. The van der Waals surface area contributed by atoms with E-state index in [1.54, 1.807) is 24.3 Å². The molecule has 1 unspecified atom stereocenters. The van der Waals surface area contributed by atoms with Gasteiger partial charge in [-0.05, 0) is 30.4 Å². The average molecular weight is 274 g/mol. The lowest BCUT2D eigenvalue weighted by atomic mass is 9.92. The highest BCUT2D eigenvalue weighted by atomic mass is 16.5. The summed E-state index contributed by atoms with van der Waals surface area (Å²) in [6.45, 7) is -0.0266. The van der Waals surface area contributed by atoms with E-state index in [0.29, 0.717) is 24.8 Å². The second-order valence-electron chi connectivity index (χ2n) is 5.76. The van der Waals surface area contributed by atoms with Crippen molar-refractivity contribution >= 4 is 11.8 Å². The third-order valence-electron chi connectivity index (χ3n) is 4.60. The van der Waals surface area contributed by atoms with E-state index in [1.807, 2.05) is 6.07 Å². The number of carbonyl (C=O) groups is 2. The van der Waals surface area contributed by atoms with Crippen molar-refractivity contribution < 1.29 is 19.4 Å². The van der Waals surface area contributed by atoms with Crippen molar-refractivity contribution in [2.45, 2.75) is 25.4 Å². The number of rotatable bonds is 3. The number of benzene rings is 1. The van der Waals surface area contributed by atoms with Crippen LogP contribution in [-0.4, -0.2) is 29.6 Å². The number of aliphatic hydroxyl groups is 1. The van der Waals surface area contributed by atoms with Gasteiger partial charge in [0.05, 0.1) is 5.56 Å². The van der Waals surface area contributed by atoms with Crippen LogP contribution >= 0.6 is 0 Å². The molecule has 4 nitrogen and oxygen atoms in total. The van der Waals surface area contributed by atoms with E-state index >= 15 is 0 Å². The molecular weight excluding hydrogens is 256 g/mol. The van der Waals surface area contributed by atoms with Gasteiger partial charge < -0.3 is 9.84 Å². The van der Waals surface area contributed by atoms with Crippen LogP contribution in [-0.2, 0) is 9.53 Å². The van der Waals surface area contributed by atoms with Crippen molar-refractivity contribution in [2.24, 2.45) is 17.8 Å². The molecule has 2 fully saturated rings. The van der Waals surface area contributed by atoms with Crippen molar-refractivity contribution in [3.05, 3.63) is 35.9 Å². The summed E-state index contributed by atoms with van der Waals surface area (Å²) in [6, 6.07) is 8.87. The Morgan fingerprint density at radius 1 is 1.25 bits per heavy atom. The van der Waals surface area contributed by atoms with E-state index in [1.165, 1.54) is 0 Å². The summed E-state index contributed by atoms with van der Waals surface area (Å²) in [6.07, 6.45) is 1.52. The van der Waals surface area contributed by atoms with Gasteiger partial charge in [-0.2, -0.15) is 0 Å². The topological polar surface area (TPSA) is 63.6 Å². The smallest absolute Gasteiger partial charge is 0.338 e. The zero-order chi connectivity index (χ0) is 14.1. The van der Waals surface area contributed by atoms with Crippen molar-refractivity contribution in [1.82, 2.24) is 0 Å². The van der Waals surface area contributed by atoms with Gasteiger partial charge in [0, 0.05) is 25.4 Å². The predicted octanol–water partition coefficient (Wildman–Crippen LogP) is 1.82. The molecule has 0 aromatic heterocycles. The maximum Gasteiger partial charge on any atom is 0.338 e. The molecule has 20 heavy (non-hydrogen) atoms. The van der Waals surface area contributed by atoms with Crippen LogP contribution in [0.1, 0.15) is 29.6 Å². The largest absolute Gasteiger partial charge is 0.458 e. The fourth-order valence-electron chi connectivity index (χ4n) is 3.63. The minimum atomic E-state index is -0.347. The Kier molecular flexibility index (Phi) is 3.57. The molecule has 1 N–H and O–H groups in total. The van der Waals surface area contributed by atoms with Crippen molar-refractivity contribution in [3.8, 4) is 0 Å². The van der Waals surface area contributed by atoms with Crippen LogP contribution in [0.15, 0.2) is 30.3 Å². The van der Waals surface area contributed by atoms with E-state index < -0.39 is 0 Å². The molecule has 0 aliphatic heterocycles. The van der Waals surface area contributed by atoms with E-state index in [2.05, 4.69) is 0 Å². The molecule has 0 amide bonds. The lowest BCUT2D eigenvalue weighted by Crippen LogP contribution is -2.28. The Labute approximate surface area is 117 Å². The molecule has 1 aromatic rings. The SMILES string of the molecule is O=C1C[C@H]2C[C@@H](OC(=O)c3ccccc3)C(CO)[C@H]2C1. The Hall–Kier alpha value is -1.68. The van der Waals surface area contributed by atoms with Gasteiger partial charge in [-0.15, -0.1) is 0 Å². The fraction of sp³-hybridized carbons (Fsp3) is 0.500. The summed E-state index contributed by atoms with van der Waals surface area (Å²) < 4.78 is 5.56. The Morgan fingerprint density at radius 2 is 2.00 bits per heavy atom. The number of Topliss-reactive ketones (excluding diaryl/α,β-unsaturated/α-hetero) is 1. The van der Waals surface area contributed by atoms with Gasteiger partial charge >= 0.3 is 5.97 Å². The Balaban J connectivity index is 1.69. The Morgan fingerprint density at radius 3 is 2.70 bits per heavy atom. The number of esters is 1. The third kappa shape index (κ3) is 2.36. The number of carbonyl (C=O) groups excluding carboxylic acids is 2. The molecule has 3 rings (SSSR count). The van der Waals surface area contributed by atoms with Crippen LogP contribution in [0.2, 0.25) is 0 Å². The van der Waals surface area contributed by atoms with Crippen molar-refractivity contribution in [1.29, 1.82) is 0 Å². The van der Waals surface area contributed by atoms with E-state index in [9.17, 15) is 14.7 Å². The monoisotopic (exact) mass is 274 g/mol. The van der Waals surface area contributed by atoms with E-state index in [-0.39, 0.29) is 42.2 Å². The van der Waals surface area contributed by atoms with Crippen LogP contribution < -0.4 is 0 Å². The lowest BCUT2D eigenvalue weighted by Gasteiger charge is -2.21. The van der Waals surface area contributed by atoms with Crippen LogP contribution in [0.3, 0.4) is 0 Å². The first-order chi connectivity index (χ1) is 9.69. The van der Waals surface area contributed by atoms with Gasteiger partial charge in [-0.3, -0.25) is 4.79 Å². The molecule has 4 atom stereocenters. The van der Waals surface area contributed by atoms with Gasteiger partial charge in [-0.1, -0.05) is 18.2 Å². The molecule has 2 aliphatic carbocycles. The Bertz CT molecular complexity index is 510. The van der Waals surface area contributed by atoms with Gasteiger partial charge in [0.2, 0.25) is 0 Å². The highest BCUT2D eigenvalue weighted by Crippen LogP contribution is 2.47. The number of aliphatic hydroxyl groups excluding tert-OH is 1. The van der Waals surface area contributed by atoms with Crippen LogP contribution in [0.4, 0.5) is 0 Å². The summed E-state index contributed by atoms with van der Waals surface area (Å²) >= 11 is 0. The first-order valence-corrected chi connectivity index (χ1v) is 7.07. The van der Waals surface area contributed by atoms with Gasteiger partial charge in [0.25, 0.3) is 0 Å². The fourth-order valence-corrected chi connectivity index (χ4v) is 3.63. The number of ether oxygens (including phenoxy) is 1. The summed E-state index contributed by atoms with van der Waals surface area (Å²) in [5.41, 5.74) is 0.525. The molecule has 0 heterocycles. The second kappa shape index (κ2) is 5.37.